The first-order valence-electron chi connectivity index (χ1n) is 4.66. The van der Waals surface area contributed by atoms with E-state index in [4.69, 9.17) is 22.6 Å². The molecule has 2 aromatic rings. The van der Waals surface area contributed by atoms with Gasteiger partial charge in [0.15, 0.2) is 11.5 Å². The summed E-state index contributed by atoms with van der Waals surface area (Å²) in [7, 11) is 0. The number of hydrogen-bond acceptors (Lipinski definition) is 3. The highest BCUT2D eigenvalue weighted by atomic mass is 35.5. The summed E-state index contributed by atoms with van der Waals surface area (Å²) in [5, 5.41) is 9.58. The molecule has 0 atom stereocenters. The predicted octanol–water partition coefficient (Wildman–Crippen LogP) is 2.04. The van der Waals surface area contributed by atoms with E-state index in [9.17, 15) is 0 Å². The second-order valence-corrected chi connectivity index (χ2v) is 3.72. The van der Waals surface area contributed by atoms with Gasteiger partial charge in [0, 0.05) is 5.02 Å². The first-order chi connectivity index (χ1) is 7.72. The van der Waals surface area contributed by atoms with Gasteiger partial charge in [0.2, 0.25) is 0 Å². The van der Waals surface area contributed by atoms with E-state index < -0.39 is 0 Å². The zero-order valence-electron chi connectivity index (χ0n) is 8.39. The number of rotatable bonds is 2. The first kappa shape index (κ1) is 10.5. The van der Waals surface area contributed by atoms with Crippen LogP contribution in [0.2, 0.25) is 5.02 Å². The number of imidazole rings is 1. The van der Waals surface area contributed by atoms with E-state index in [1.54, 1.807) is 4.57 Å². The fourth-order valence-corrected chi connectivity index (χ4v) is 1.64. The van der Waals surface area contributed by atoms with Gasteiger partial charge in [0.1, 0.15) is 6.07 Å². The second-order valence-electron chi connectivity index (χ2n) is 3.31. The van der Waals surface area contributed by atoms with Crippen molar-refractivity contribution in [2.45, 2.75) is 6.54 Å². The Morgan fingerprint density at radius 2 is 2.19 bits per heavy atom. The molecule has 16 heavy (non-hydrogen) atoms. The summed E-state index contributed by atoms with van der Waals surface area (Å²) in [5.41, 5.74) is 6.85. The molecule has 2 rings (SSSR count). The van der Waals surface area contributed by atoms with Crippen LogP contribution in [0.3, 0.4) is 0 Å². The SMILES string of the molecule is N#Cc1c(N)ncn1Cc1ccccc1Cl. The Kier molecular flexibility index (Phi) is 2.80. The van der Waals surface area contributed by atoms with E-state index in [0.29, 0.717) is 17.3 Å². The van der Waals surface area contributed by atoms with Crippen LogP contribution in [0.4, 0.5) is 5.82 Å². The second kappa shape index (κ2) is 4.25. The van der Waals surface area contributed by atoms with Crippen LogP contribution >= 0.6 is 11.6 Å². The van der Waals surface area contributed by atoms with E-state index in [-0.39, 0.29) is 5.82 Å². The predicted molar refractivity (Wildman–Crippen MR) is 61.9 cm³/mol. The van der Waals surface area contributed by atoms with Crippen molar-refractivity contribution < 1.29 is 0 Å². The smallest absolute Gasteiger partial charge is 0.164 e. The topological polar surface area (TPSA) is 67.6 Å². The summed E-state index contributed by atoms with van der Waals surface area (Å²) in [6.45, 7) is 0.493. The Bertz CT molecular complexity index is 553. The van der Waals surface area contributed by atoms with Crippen molar-refractivity contribution in [3.63, 3.8) is 0 Å². The molecular formula is C11H9ClN4. The van der Waals surface area contributed by atoms with E-state index in [0.717, 1.165) is 5.56 Å². The lowest BCUT2D eigenvalue weighted by molar-refractivity contribution is 0.786. The molecule has 0 spiro atoms. The molecule has 0 amide bonds. The first-order valence-corrected chi connectivity index (χ1v) is 5.04. The monoisotopic (exact) mass is 232 g/mol. The molecule has 5 heteroatoms. The molecule has 0 saturated carbocycles. The van der Waals surface area contributed by atoms with Crippen molar-refractivity contribution in [2.75, 3.05) is 5.73 Å². The van der Waals surface area contributed by atoms with Crippen LogP contribution in [0, 0.1) is 11.3 Å². The molecule has 1 aromatic heterocycles. The van der Waals surface area contributed by atoms with Gasteiger partial charge in [0.05, 0.1) is 12.9 Å². The highest BCUT2D eigenvalue weighted by molar-refractivity contribution is 6.31. The molecule has 0 radical (unpaired) electrons. The van der Waals surface area contributed by atoms with Gasteiger partial charge in [-0.3, -0.25) is 0 Å². The van der Waals surface area contributed by atoms with Crippen LogP contribution < -0.4 is 5.73 Å². The van der Waals surface area contributed by atoms with Crippen LogP contribution in [0.1, 0.15) is 11.3 Å². The Hall–Kier alpha value is -1.99. The van der Waals surface area contributed by atoms with Crippen molar-refractivity contribution in [2.24, 2.45) is 0 Å². The molecule has 0 aliphatic rings. The number of benzene rings is 1. The van der Waals surface area contributed by atoms with Crippen LogP contribution in [-0.2, 0) is 6.54 Å². The fourth-order valence-electron chi connectivity index (χ4n) is 1.45. The van der Waals surface area contributed by atoms with Crippen molar-refractivity contribution in [1.82, 2.24) is 9.55 Å². The Morgan fingerprint density at radius 3 is 2.88 bits per heavy atom. The average molecular weight is 233 g/mol. The number of nitrogens with two attached hydrogens (primary N) is 1. The van der Waals surface area contributed by atoms with Crippen molar-refractivity contribution in [3.8, 4) is 6.07 Å². The molecule has 2 N–H and O–H groups in total. The summed E-state index contributed by atoms with van der Waals surface area (Å²) in [4.78, 5) is 3.89. The van der Waals surface area contributed by atoms with Crippen LogP contribution in [0.15, 0.2) is 30.6 Å². The molecule has 0 fully saturated rings. The molecule has 0 saturated heterocycles. The summed E-state index contributed by atoms with van der Waals surface area (Å²) in [6, 6.07) is 9.48. The minimum absolute atomic E-state index is 0.245. The normalized spacial score (nSPS) is 10.0. The van der Waals surface area contributed by atoms with Crippen molar-refractivity contribution in [3.05, 3.63) is 46.9 Å². The molecule has 1 aromatic carbocycles. The quantitative estimate of drug-likeness (QED) is 0.862. The molecule has 0 aliphatic heterocycles. The zero-order chi connectivity index (χ0) is 11.5. The van der Waals surface area contributed by atoms with Crippen LogP contribution in [-0.4, -0.2) is 9.55 Å². The van der Waals surface area contributed by atoms with Gasteiger partial charge < -0.3 is 10.3 Å². The maximum Gasteiger partial charge on any atom is 0.164 e. The van der Waals surface area contributed by atoms with E-state index in [1.807, 2.05) is 30.3 Å². The Balaban J connectivity index is 2.35. The molecule has 0 aliphatic carbocycles. The number of hydrogen-bond donors (Lipinski definition) is 1. The number of nitriles is 1. The average Bonchev–Trinajstić information content (AvgIpc) is 2.63. The molecule has 0 unspecified atom stereocenters. The van der Waals surface area contributed by atoms with Gasteiger partial charge in [-0.15, -0.1) is 0 Å². The number of aromatic nitrogens is 2. The lowest BCUT2D eigenvalue weighted by Gasteiger charge is -2.05. The zero-order valence-corrected chi connectivity index (χ0v) is 9.15. The highest BCUT2D eigenvalue weighted by Gasteiger charge is 2.08. The third-order valence-electron chi connectivity index (χ3n) is 2.27. The van der Waals surface area contributed by atoms with Gasteiger partial charge >= 0.3 is 0 Å². The number of anilines is 1. The maximum atomic E-state index is 8.91. The van der Waals surface area contributed by atoms with Gasteiger partial charge in [-0.2, -0.15) is 5.26 Å². The molecule has 1 heterocycles. The van der Waals surface area contributed by atoms with E-state index >= 15 is 0 Å². The maximum absolute atomic E-state index is 8.91. The van der Waals surface area contributed by atoms with Gasteiger partial charge in [-0.1, -0.05) is 29.8 Å². The third kappa shape index (κ3) is 1.86. The lowest BCUT2D eigenvalue weighted by atomic mass is 10.2. The molecule has 4 nitrogen and oxygen atoms in total. The summed E-state index contributed by atoms with van der Waals surface area (Å²) in [6.07, 6.45) is 1.54. The molecule has 80 valence electrons. The van der Waals surface area contributed by atoms with Crippen LogP contribution in [0.25, 0.3) is 0 Å². The summed E-state index contributed by atoms with van der Waals surface area (Å²) < 4.78 is 1.68. The summed E-state index contributed by atoms with van der Waals surface area (Å²) >= 11 is 6.03. The fraction of sp³-hybridized carbons (Fsp3) is 0.0909. The van der Waals surface area contributed by atoms with Crippen molar-refractivity contribution in [1.29, 1.82) is 5.26 Å². The van der Waals surface area contributed by atoms with Gasteiger partial charge in [0.25, 0.3) is 0 Å². The van der Waals surface area contributed by atoms with E-state index in [1.165, 1.54) is 6.33 Å². The van der Waals surface area contributed by atoms with Gasteiger partial charge in [-0.25, -0.2) is 4.98 Å². The Morgan fingerprint density at radius 1 is 1.44 bits per heavy atom. The number of nitrogen functional groups attached to an aromatic ring is 1. The molecular weight excluding hydrogens is 224 g/mol. The Labute approximate surface area is 97.9 Å². The number of nitrogens with zero attached hydrogens (tertiary/aromatic N) is 3. The third-order valence-corrected chi connectivity index (χ3v) is 2.64. The standard InChI is InChI=1S/C11H9ClN4/c12-9-4-2-1-3-8(9)6-16-7-15-11(14)10(16)5-13/h1-4,7H,6,14H2. The minimum Gasteiger partial charge on any atom is -0.381 e. The minimum atomic E-state index is 0.245. The lowest BCUT2D eigenvalue weighted by Crippen LogP contribution is -2.02. The largest absolute Gasteiger partial charge is 0.381 e. The number of halogens is 1. The van der Waals surface area contributed by atoms with E-state index in [2.05, 4.69) is 4.98 Å². The van der Waals surface area contributed by atoms with Crippen LogP contribution in [0.5, 0.6) is 0 Å². The molecule has 0 bridgehead atoms. The highest BCUT2D eigenvalue weighted by Crippen LogP contribution is 2.18. The van der Waals surface area contributed by atoms with Crippen molar-refractivity contribution >= 4 is 17.4 Å². The summed E-state index contributed by atoms with van der Waals surface area (Å²) in [5.74, 6) is 0.245. The van der Waals surface area contributed by atoms with Gasteiger partial charge in [-0.05, 0) is 11.6 Å².